The monoisotopic (exact) mass is 231 g/mol. The summed E-state index contributed by atoms with van der Waals surface area (Å²) in [7, 11) is 0. The Morgan fingerprint density at radius 1 is 1.47 bits per heavy atom. The molecule has 1 unspecified atom stereocenters. The van der Waals surface area contributed by atoms with E-state index < -0.39 is 0 Å². The largest absolute Gasteiger partial charge is 0.394 e. The maximum atomic E-state index is 9.39. The van der Waals surface area contributed by atoms with Gasteiger partial charge in [-0.25, -0.2) is 0 Å². The van der Waals surface area contributed by atoms with Crippen molar-refractivity contribution in [2.45, 2.75) is 51.6 Å². The van der Waals surface area contributed by atoms with Gasteiger partial charge in [0.1, 0.15) is 0 Å². The van der Waals surface area contributed by atoms with Gasteiger partial charge in [0, 0.05) is 17.3 Å². The number of aliphatic hydroxyl groups excluding tert-OH is 1. The molecule has 1 aliphatic rings. The van der Waals surface area contributed by atoms with Gasteiger partial charge in [0.15, 0.2) is 0 Å². The minimum atomic E-state index is -0.0667. The zero-order valence-electron chi connectivity index (χ0n) is 10.3. The highest BCUT2D eigenvalue weighted by molar-refractivity contribution is 7.99. The number of thioether (sulfide) groups is 1. The van der Waals surface area contributed by atoms with Gasteiger partial charge in [0.05, 0.1) is 6.61 Å². The second kappa shape index (κ2) is 6.12. The molecule has 0 amide bonds. The summed E-state index contributed by atoms with van der Waals surface area (Å²) in [4.78, 5) is 0. The van der Waals surface area contributed by atoms with Gasteiger partial charge in [-0.3, -0.25) is 0 Å². The van der Waals surface area contributed by atoms with Crippen molar-refractivity contribution in [3.8, 4) is 0 Å². The van der Waals surface area contributed by atoms with Gasteiger partial charge < -0.3 is 10.4 Å². The van der Waals surface area contributed by atoms with Gasteiger partial charge in [-0.05, 0) is 37.9 Å². The van der Waals surface area contributed by atoms with E-state index in [2.05, 4.69) is 26.1 Å². The predicted octanol–water partition coefficient (Wildman–Crippen LogP) is 2.27. The molecule has 0 spiro atoms. The van der Waals surface area contributed by atoms with Crippen LogP contribution in [0, 0.1) is 5.92 Å². The van der Waals surface area contributed by atoms with Gasteiger partial charge in [0.25, 0.3) is 0 Å². The zero-order valence-corrected chi connectivity index (χ0v) is 11.1. The molecule has 1 fully saturated rings. The van der Waals surface area contributed by atoms with E-state index in [-0.39, 0.29) is 12.1 Å². The van der Waals surface area contributed by atoms with Crippen LogP contribution in [0.15, 0.2) is 0 Å². The van der Waals surface area contributed by atoms with Crippen LogP contribution in [0.5, 0.6) is 0 Å². The Morgan fingerprint density at radius 2 is 2.13 bits per heavy atom. The first-order chi connectivity index (χ1) is 7.06. The molecule has 15 heavy (non-hydrogen) atoms. The number of nitrogens with one attached hydrogen (secondary N) is 1. The van der Waals surface area contributed by atoms with Crippen LogP contribution in [0.1, 0.15) is 40.0 Å². The molecule has 1 aliphatic carbocycles. The average Bonchev–Trinajstić information content (AvgIpc) is 2.96. The number of rotatable bonds is 8. The minimum Gasteiger partial charge on any atom is -0.394 e. The lowest BCUT2D eigenvalue weighted by Gasteiger charge is -2.28. The first kappa shape index (κ1) is 13.3. The molecular formula is C12H25NOS. The van der Waals surface area contributed by atoms with Gasteiger partial charge >= 0.3 is 0 Å². The molecule has 0 aromatic rings. The van der Waals surface area contributed by atoms with Crippen molar-refractivity contribution in [1.82, 2.24) is 5.32 Å². The Bertz CT molecular complexity index is 182. The van der Waals surface area contributed by atoms with E-state index in [0.717, 1.165) is 11.7 Å². The fourth-order valence-electron chi connectivity index (χ4n) is 1.47. The van der Waals surface area contributed by atoms with Crippen LogP contribution in [0.4, 0.5) is 0 Å². The Morgan fingerprint density at radius 3 is 2.60 bits per heavy atom. The van der Waals surface area contributed by atoms with Crippen LogP contribution in [-0.4, -0.2) is 34.8 Å². The summed E-state index contributed by atoms with van der Waals surface area (Å²) in [6.45, 7) is 6.90. The first-order valence-electron chi connectivity index (χ1n) is 6.02. The molecule has 1 saturated carbocycles. The van der Waals surface area contributed by atoms with E-state index in [9.17, 15) is 5.11 Å². The zero-order chi connectivity index (χ0) is 11.3. The minimum absolute atomic E-state index is 0.0667. The fourth-order valence-corrected chi connectivity index (χ4v) is 2.88. The fraction of sp³-hybridized carbons (Fsp3) is 1.00. The third-order valence-corrected chi connectivity index (χ3v) is 4.10. The third-order valence-electron chi connectivity index (χ3n) is 2.74. The molecule has 1 rings (SSSR count). The standard InChI is InChI=1S/C12H25NOS/c1-10(2)6-7-15-9-12(3,8-14)13-11-4-5-11/h10-11,13-14H,4-9H2,1-3H3. The molecule has 0 radical (unpaired) electrons. The van der Waals surface area contributed by atoms with Crippen molar-refractivity contribution < 1.29 is 5.11 Å². The van der Waals surface area contributed by atoms with Crippen LogP contribution >= 0.6 is 11.8 Å². The molecule has 0 aromatic carbocycles. The number of hydrogen-bond acceptors (Lipinski definition) is 3. The Labute approximate surface area is 98.2 Å². The topological polar surface area (TPSA) is 32.3 Å². The van der Waals surface area contributed by atoms with Gasteiger partial charge in [-0.1, -0.05) is 13.8 Å². The molecular weight excluding hydrogens is 206 g/mol. The third kappa shape index (κ3) is 5.79. The highest BCUT2D eigenvalue weighted by Gasteiger charge is 2.31. The van der Waals surface area contributed by atoms with E-state index in [1.165, 1.54) is 25.0 Å². The summed E-state index contributed by atoms with van der Waals surface area (Å²) in [5, 5.41) is 12.9. The Hall–Kier alpha value is 0.270. The highest BCUT2D eigenvalue weighted by Crippen LogP contribution is 2.24. The summed E-state index contributed by atoms with van der Waals surface area (Å²) in [5.41, 5.74) is -0.0667. The predicted molar refractivity (Wildman–Crippen MR) is 68.4 cm³/mol. The maximum Gasteiger partial charge on any atom is 0.0618 e. The summed E-state index contributed by atoms with van der Waals surface area (Å²) < 4.78 is 0. The van der Waals surface area contributed by atoms with Crippen molar-refractivity contribution in [1.29, 1.82) is 0 Å². The molecule has 0 aromatic heterocycles. The lowest BCUT2D eigenvalue weighted by atomic mass is 10.1. The molecule has 1 atom stereocenters. The van der Waals surface area contributed by atoms with Crippen molar-refractivity contribution in [2.75, 3.05) is 18.1 Å². The molecule has 3 heteroatoms. The maximum absolute atomic E-state index is 9.39. The SMILES string of the molecule is CC(C)CCSCC(C)(CO)NC1CC1. The first-order valence-corrected chi connectivity index (χ1v) is 7.17. The van der Waals surface area contributed by atoms with E-state index in [1.807, 2.05) is 11.8 Å². The average molecular weight is 231 g/mol. The Kier molecular flexibility index (Phi) is 5.44. The lowest BCUT2D eigenvalue weighted by Crippen LogP contribution is -2.49. The summed E-state index contributed by atoms with van der Waals surface area (Å²) in [6, 6.07) is 0.674. The summed E-state index contributed by atoms with van der Waals surface area (Å²) in [5.74, 6) is 3.01. The lowest BCUT2D eigenvalue weighted by molar-refractivity contribution is 0.190. The quantitative estimate of drug-likeness (QED) is 0.629. The molecule has 0 saturated heterocycles. The van der Waals surface area contributed by atoms with Gasteiger partial charge in [0.2, 0.25) is 0 Å². The Balaban J connectivity index is 2.13. The van der Waals surface area contributed by atoms with Crippen LogP contribution in [0.3, 0.4) is 0 Å². The van der Waals surface area contributed by atoms with Crippen molar-refractivity contribution in [2.24, 2.45) is 5.92 Å². The number of hydrogen-bond donors (Lipinski definition) is 2. The van der Waals surface area contributed by atoms with Crippen molar-refractivity contribution >= 4 is 11.8 Å². The van der Waals surface area contributed by atoms with Crippen LogP contribution < -0.4 is 5.32 Å². The second-order valence-electron chi connectivity index (χ2n) is 5.37. The van der Waals surface area contributed by atoms with Gasteiger partial charge in [-0.2, -0.15) is 11.8 Å². The molecule has 0 bridgehead atoms. The van der Waals surface area contributed by atoms with Crippen molar-refractivity contribution in [3.63, 3.8) is 0 Å². The molecule has 2 N–H and O–H groups in total. The smallest absolute Gasteiger partial charge is 0.0618 e. The molecule has 0 heterocycles. The summed E-state index contributed by atoms with van der Waals surface area (Å²) in [6.07, 6.45) is 3.84. The molecule has 2 nitrogen and oxygen atoms in total. The second-order valence-corrected chi connectivity index (χ2v) is 6.48. The van der Waals surface area contributed by atoms with E-state index in [1.54, 1.807) is 0 Å². The van der Waals surface area contributed by atoms with Crippen LogP contribution in [0.2, 0.25) is 0 Å². The number of aliphatic hydroxyl groups is 1. The van der Waals surface area contributed by atoms with Crippen LogP contribution in [0.25, 0.3) is 0 Å². The highest BCUT2D eigenvalue weighted by atomic mass is 32.2. The van der Waals surface area contributed by atoms with E-state index in [0.29, 0.717) is 6.04 Å². The van der Waals surface area contributed by atoms with Gasteiger partial charge in [-0.15, -0.1) is 0 Å². The molecule has 90 valence electrons. The normalized spacial score (nSPS) is 20.6. The van der Waals surface area contributed by atoms with Crippen LogP contribution in [-0.2, 0) is 0 Å². The van der Waals surface area contributed by atoms with E-state index in [4.69, 9.17) is 0 Å². The molecule has 0 aliphatic heterocycles. The summed E-state index contributed by atoms with van der Waals surface area (Å²) >= 11 is 1.96. The van der Waals surface area contributed by atoms with E-state index >= 15 is 0 Å². The van der Waals surface area contributed by atoms with Crippen molar-refractivity contribution in [3.05, 3.63) is 0 Å².